The molecule has 136 valence electrons. The number of amides is 1. The van der Waals surface area contributed by atoms with Crippen LogP contribution in [0.3, 0.4) is 0 Å². The number of alkyl halides is 3. The van der Waals surface area contributed by atoms with Crippen molar-refractivity contribution in [2.75, 3.05) is 6.54 Å². The summed E-state index contributed by atoms with van der Waals surface area (Å²) in [6, 6.07) is 5.92. The molecule has 0 aliphatic rings. The van der Waals surface area contributed by atoms with E-state index >= 15 is 0 Å². The molecule has 1 aromatic carbocycles. The number of nitrogens with zero attached hydrogens (tertiary/aromatic N) is 2. The molecule has 6 nitrogen and oxygen atoms in total. The summed E-state index contributed by atoms with van der Waals surface area (Å²) in [6.07, 6.45) is -4.64. The first-order valence-corrected chi connectivity index (χ1v) is 7.64. The fraction of sp³-hybridized carbons (Fsp3) is 0.438. The molecule has 1 amide bonds. The number of benzene rings is 1. The van der Waals surface area contributed by atoms with E-state index in [1.54, 1.807) is 6.92 Å². The molecular formula is C16H18F3N3O3. The summed E-state index contributed by atoms with van der Waals surface area (Å²) in [5, 5.41) is 15.3. The van der Waals surface area contributed by atoms with Gasteiger partial charge in [0, 0.05) is 17.7 Å². The molecular weight excluding hydrogens is 339 g/mol. The van der Waals surface area contributed by atoms with Crippen LogP contribution in [0.25, 0.3) is 11.4 Å². The third-order valence-electron chi connectivity index (χ3n) is 3.41. The molecule has 0 bridgehead atoms. The molecule has 9 heteroatoms. The second-order valence-corrected chi connectivity index (χ2v) is 5.90. The molecule has 0 saturated heterocycles. The summed E-state index contributed by atoms with van der Waals surface area (Å²) < 4.78 is 41.7. The summed E-state index contributed by atoms with van der Waals surface area (Å²) in [6.45, 7) is 3.93. The van der Waals surface area contributed by atoms with Crippen molar-refractivity contribution in [1.29, 1.82) is 0 Å². The molecule has 2 aromatic rings. The largest absolute Gasteiger partial charge is 0.471 e. The van der Waals surface area contributed by atoms with Gasteiger partial charge in [-0.05, 0) is 31.4 Å². The molecule has 0 saturated carbocycles. The number of aromatic nitrogens is 2. The third-order valence-corrected chi connectivity index (χ3v) is 3.41. The third kappa shape index (κ3) is 5.28. The van der Waals surface area contributed by atoms with E-state index in [2.05, 4.69) is 20.0 Å². The first-order chi connectivity index (χ1) is 11.7. The van der Waals surface area contributed by atoms with Crippen molar-refractivity contribution in [2.24, 2.45) is 5.92 Å². The minimum absolute atomic E-state index is 0.0821. The van der Waals surface area contributed by atoms with Gasteiger partial charge in [-0.2, -0.15) is 18.2 Å². The van der Waals surface area contributed by atoms with Crippen molar-refractivity contribution in [3.8, 4) is 11.4 Å². The topological polar surface area (TPSA) is 88.3 Å². The Labute approximate surface area is 142 Å². The lowest BCUT2D eigenvalue weighted by Gasteiger charge is -2.14. The van der Waals surface area contributed by atoms with Gasteiger partial charge in [0.2, 0.25) is 5.82 Å². The minimum atomic E-state index is -4.72. The second kappa shape index (κ2) is 7.64. The van der Waals surface area contributed by atoms with Gasteiger partial charge in [0.1, 0.15) is 0 Å². The van der Waals surface area contributed by atoms with Gasteiger partial charge in [-0.15, -0.1) is 0 Å². The van der Waals surface area contributed by atoms with Crippen LogP contribution in [0.4, 0.5) is 13.2 Å². The molecule has 0 radical (unpaired) electrons. The molecule has 2 N–H and O–H groups in total. The predicted octanol–water partition coefficient (Wildman–Crippen LogP) is 2.89. The Morgan fingerprint density at radius 1 is 1.36 bits per heavy atom. The van der Waals surface area contributed by atoms with Gasteiger partial charge in [-0.3, -0.25) is 4.79 Å². The highest BCUT2D eigenvalue weighted by Crippen LogP contribution is 2.29. The Bertz CT molecular complexity index is 729. The normalized spacial score (nSPS) is 14.2. The van der Waals surface area contributed by atoms with E-state index in [0.717, 1.165) is 0 Å². The van der Waals surface area contributed by atoms with Crippen LogP contribution in [0, 0.1) is 5.92 Å². The smallest absolute Gasteiger partial charge is 0.393 e. The summed E-state index contributed by atoms with van der Waals surface area (Å²) >= 11 is 0. The molecule has 0 aliphatic carbocycles. The number of nitrogens with one attached hydrogen (secondary N) is 1. The SMILES string of the molecule is C[C@@H](CNC(=O)c1cccc(-c2noc(C(F)(F)F)n2)c1)C[C@H](C)O. The highest BCUT2D eigenvalue weighted by Gasteiger charge is 2.38. The van der Waals surface area contributed by atoms with E-state index < -0.39 is 18.2 Å². The van der Waals surface area contributed by atoms with Gasteiger partial charge in [0.15, 0.2) is 0 Å². The van der Waals surface area contributed by atoms with Gasteiger partial charge >= 0.3 is 12.1 Å². The number of hydrogen-bond donors (Lipinski definition) is 2. The average molecular weight is 357 g/mol. The van der Waals surface area contributed by atoms with E-state index in [1.807, 2.05) is 6.92 Å². The van der Waals surface area contributed by atoms with Gasteiger partial charge < -0.3 is 14.9 Å². The standard InChI is InChI=1S/C16H18F3N3O3/c1-9(6-10(2)23)8-20-14(24)12-5-3-4-11(7-12)13-21-15(25-22-13)16(17,18)19/h3-5,7,9-10,23H,6,8H2,1-2H3,(H,20,24)/t9-,10+/m1/s1. The molecule has 2 rings (SSSR count). The first kappa shape index (κ1) is 18.9. The van der Waals surface area contributed by atoms with Gasteiger partial charge in [0.25, 0.3) is 5.91 Å². The van der Waals surface area contributed by atoms with Crippen LogP contribution in [-0.4, -0.2) is 33.8 Å². The molecule has 25 heavy (non-hydrogen) atoms. The lowest BCUT2D eigenvalue weighted by Crippen LogP contribution is -2.29. The lowest BCUT2D eigenvalue weighted by molar-refractivity contribution is -0.159. The fourth-order valence-electron chi connectivity index (χ4n) is 2.29. The van der Waals surface area contributed by atoms with Gasteiger partial charge in [0.05, 0.1) is 6.10 Å². The quantitative estimate of drug-likeness (QED) is 0.830. The minimum Gasteiger partial charge on any atom is -0.393 e. The van der Waals surface area contributed by atoms with E-state index in [1.165, 1.54) is 24.3 Å². The summed E-state index contributed by atoms with van der Waals surface area (Å²) in [5.74, 6) is -1.98. The Hall–Kier alpha value is -2.42. The number of aliphatic hydroxyl groups excluding tert-OH is 1. The van der Waals surface area contributed by atoms with E-state index in [-0.39, 0.29) is 28.8 Å². The number of halogens is 3. The molecule has 1 heterocycles. The van der Waals surface area contributed by atoms with Crippen LogP contribution in [0.1, 0.15) is 36.5 Å². The van der Waals surface area contributed by atoms with E-state index in [4.69, 9.17) is 0 Å². The summed E-state index contributed by atoms with van der Waals surface area (Å²) in [7, 11) is 0. The van der Waals surface area contributed by atoms with Crippen molar-refractivity contribution < 1.29 is 27.6 Å². The highest BCUT2D eigenvalue weighted by atomic mass is 19.4. The Morgan fingerprint density at radius 3 is 2.68 bits per heavy atom. The van der Waals surface area contributed by atoms with Crippen molar-refractivity contribution >= 4 is 5.91 Å². The molecule has 2 atom stereocenters. The average Bonchev–Trinajstić information content (AvgIpc) is 3.02. The number of carbonyl (C=O) groups excluding carboxylic acids is 1. The monoisotopic (exact) mass is 357 g/mol. The molecule has 0 fully saturated rings. The molecule has 0 spiro atoms. The van der Waals surface area contributed by atoms with Gasteiger partial charge in [-0.1, -0.05) is 24.2 Å². The zero-order valence-electron chi connectivity index (χ0n) is 13.7. The van der Waals surface area contributed by atoms with Crippen LogP contribution in [0.2, 0.25) is 0 Å². The van der Waals surface area contributed by atoms with Crippen LogP contribution >= 0.6 is 0 Å². The maximum atomic E-state index is 12.5. The zero-order chi connectivity index (χ0) is 18.6. The van der Waals surface area contributed by atoms with Crippen molar-refractivity contribution in [2.45, 2.75) is 32.5 Å². The maximum Gasteiger partial charge on any atom is 0.471 e. The number of hydrogen-bond acceptors (Lipinski definition) is 5. The predicted molar refractivity (Wildman–Crippen MR) is 82.5 cm³/mol. The first-order valence-electron chi connectivity index (χ1n) is 7.64. The van der Waals surface area contributed by atoms with E-state index in [0.29, 0.717) is 13.0 Å². The van der Waals surface area contributed by atoms with Gasteiger partial charge in [-0.25, -0.2) is 0 Å². The highest BCUT2D eigenvalue weighted by molar-refractivity contribution is 5.95. The number of carbonyl (C=O) groups is 1. The van der Waals surface area contributed by atoms with Crippen LogP contribution in [0.5, 0.6) is 0 Å². The number of rotatable bonds is 6. The van der Waals surface area contributed by atoms with Crippen LogP contribution in [0.15, 0.2) is 28.8 Å². The molecule has 0 aliphatic heterocycles. The Morgan fingerprint density at radius 2 is 2.08 bits per heavy atom. The zero-order valence-corrected chi connectivity index (χ0v) is 13.7. The van der Waals surface area contributed by atoms with Crippen LogP contribution in [-0.2, 0) is 6.18 Å². The summed E-state index contributed by atoms with van der Waals surface area (Å²) in [4.78, 5) is 15.5. The molecule has 1 aromatic heterocycles. The number of aliphatic hydroxyl groups is 1. The maximum absolute atomic E-state index is 12.5. The fourth-order valence-corrected chi connectivity index (χ4v) is 2.29. The second-order valence-electron chi connectivity index (χ2n) is 5.90. The Kier molecular flexibility index (Phi) is 5.78. The van der Waals surface area contributed by atoms with Crippen molar-refractivity contribution in [3.05, 3.63) is 35.7 Å². The Balaban J connectivity index is 2.08. The summed E-state index contributed by atoms with van der Waals surface area (Å²) in [5.41, 5.74) is 0.504. The molecule has 0 unspecified atom stereocenters. The van der Waals surface area contributed by atoms with E-state index in [9.17, 15) is 23.1 Å². The van der Waals surface area contributed by atoms with Crippen LogP contribution < -0.4 is 5.32 Å². The van der Waals surface area contributed by atoms with Crippen molar-refractivity contribution in [1.82, 2.24) is 15.5 Å². The van der Waals surface area contributed by atoms with Crippen molar-refractivity contribution in [3.63, 3.8) is 0 Å². The lowest BCUT2D eigenvalue weighted by atomic mass is 10.0.